The Morgan fingerprint density at radius 1 is 1.42 bits per heavy atom. The van der Waals surface area contributed by atoms with Gasteiger partial charge >= 0.3 is 0 Å². The van der Waals surface area contributed by atoms with Crippen molar-refractivity contribution in [1.29, 1.82) is 5.26 Å². The quantitative estimate of drug-likeness (QED) is 0.581. The van der Waals surface area contributed by atoms with Gasteiger partial charge in [0.15, 0.2) is 0 Å². The SMILES string of the molecule is CCCCC(CC)COCCC(C)(C#N)NC1CC1. The lowest BCUT2D eigenvalue weighted by Crippen LogP contribution is -2.43. The monoisotopic (exact) mass is 266 g/mol. The van der Waals surface area contributed by atoms with Crippen LogP contribution >= 0.6 is 0 Å². The van der Waals surface area contributed by atoms with Crippen molar-refractivity contribution in [3.63, 3.8) is 0 Å². The number of nitrogens with one attached hydrogen (secondary N) is 1. The first-order chi connectivity index (χ1) is 9.13. The van der Waals surface area contributed by atoms with Crippen molar-refractivity contribution in [3.05, 3.63) is 0 Å². The lowest BCUT2D eigenvalue weighted by molar-refractivity contribution is 0.0824. The van der Waals surface area contributed by atoms with Crippen molar-refractivity contribution in [1.82, 2.24) is 5.32 Å². The molecule has 0 radical (unpaired) electrons. The molecular formula is C16H30N2O. The van der Waals surface area contributed by atoms with E-state index in [1.807, 2.05) is 6.92 Å². The zero-order chi connectivity index (χ0) is 14.1. The number of unbranched alkanes of at least 4 members (excludes halogenated alkanes) is 1. The maximum Gasteiger partial charge on any atom is 0.106 e. The van der Waals surface area contributed by atoms with Crippen molar-refractivity contribution in [2.75, 3.05) is 13.2 Å². The summed E-state index contributed by atoms with van der Waals surface area (Å²) >= 11 is 0. The lowest BCUT2D eigenvalue weighted by atomic mass is 9.99. The molecule has 19 heavy (non-hydrogen) atoms. The third-order valence-electron chi connectivity index (χ3n) is 3.99. The van der Waals surface area contributed by atoms with Crippen LogP contribution in [0, 0.1) is 17.2 Å². The first-order valence-electron chi connectivity index (χ1n) is 7.90. The molecule has 0 aromatic rings. The van der Waals surface area contributed by atoms with E-state index in [9.17, 15) is 5.26 Å². The van der Waals surface area contributed by atoms with E-state index in [0.717, 1.165) is 13.0 Å². The molecule has 1 saturated carbocycles. The van der Waals surface area contributed by atoms with Gasteiger partial charge in [0.05, 0.1) is 6.07 Å². The highest BCUT2D eigenvalue weighted by atomic mass is 16.5. The van der Waals surface area contributed by atoms with Crippen molar-refractivity contribution in [2.24, 2.45) is 5.92 Å². The van der Waals surface area contributed by atoms with Crippen molar-refractivity contribution in [2.45, 2.75) is 77.3 Å². The molecule has 3 nitrogen and oxygen atoms in total. The van der Waals surface area contributed by atoms with Crippen molar-refractivity contribution >= 4 is 0 Å². The van der Waals surface area contributed by atoms with Crippen LogP contribution < -0.4 is 5.32 Å². The normalized spacial score (nSPS) is 19.7. The predicted octanol–water partition coefficient (Wildman–Crippen LogP) is 3.64. The highest BCUT2D eigenvalue weighted by Crippen LogP contribution is 2.23. The van der Waals surface area contributed by atoms with E-state index in [1.165, 1.54) is 38.5 Å². The van der Waals surface area contributed by atoms with Gasteiger partial charge < -0.3 is 4.74 Å². The molecule has 1 rings (SSSR count). The predicted molar refractivity (Wildman–Crippen MR) is 78.9 cm³/mol. The van der Waals surface area contributed by atoms with Gasteiger partial charge in [-0.05, 0) is 32.1 Å². The Hall–Kier alpha value is -0.590. The molecule has 1 aliphatic rings. The van der Waals surface area contributed by atoms with Crippen LogP contribution in [-0.2, 0) is 4.74 Å². The summed E-state index contributed by atoms with van der Waals surface area (Å²) in [4.78, 5) is 0. The molecule has 0 amide bonds. The molecule has 3 heteroatoms. The smallest absolute Gasteiger partial charge is 0.106 e. The van der Waals surface area contributed by atoms with E-state index < -0.39 is 5.54 Å². The Balaban J connectivity index is 2.15. The van der Waals surface area contributed by atoms with Crippen LogP contribution in [0.2, 0.25) is 0 Å². The number of ether oxygens (including phenoxy) is 1. The molecule has 110 valence electrons. The molecule has 0 bridgehead atoms. The Bertz CT molecular complexity index is 283. The summed E-state index contributed by atoms with van der Waals surface area (Å²) in [5.74, 6) is 0.685. The van der Waals surface area contributed by atoms with E-state index >= 15 is 0 Å². The standard InChI is InChI=1S/C16H30N2O/c1-4-6-7-14(5-2)12-19-11-10-16(3,13-17)18-15-8-9-15/h14-15,18H,4-12H2,1-3H3. The highest BCUT2D eigenvalue weighted by Gasteiger charge is 2.32. The fraction of sp³-hybridized carbons (Fsp3) is 0.938. The minimum atomic E-state index is -0.410. The average Bonchev–Trinajstić information content (AvgIpc) is 3.22. The minimum absolute atomic E-state index is 0.410. The van der Waals surface area contributed by atoms with Gasteiger partial charge in [-0.15, -0.1) is 0 Å². The van der Waals surface area contributed by atoms with Gasteiger partial charge in [-0.1, -0.05) is 33.1 Å². The molecule has 0 heterocycles. The van der Waals surface area contributed by atoms with Gasteiger partial charge in [0, 0.05) is 25.7 Å². The number of nitrogens with zero attached hydrogens (tertiary/aromatic N) is 1. The summed E-state index contributed by atoms with van der Waals surface area (Å²) in [5.41, 5.74) is -0.410. The van der Waals surface area contributed by atoms with E-state index in [2.05, 4.69) is 25.2 Å². The molecule has 2 unspecified atom stereocenters. The van der Waals surface area contributed by atoms with Crippen LogP contribution in [0.5, 0.6) is 0 Å². The number of hydrogen-bond acceptors (Lipinski definition) is 3. The van der Waals surface area contributed by atoms with Crippen LogP contribution in [0.25, 0.3) is 0 Å². The van der Waals surface area contributed by atoms with Gasteiger partial charge in [-0.3, -0.25) is 5.32 Å². The van der Waals surface area contributed by atoms with Crippen LogP contribution in [0.1, 0.15) is 65.7 Å². The topological polar surface area (TPSA) is 45.0 Å². The molecule has 0 aromatic carbocycles. The summed E-state index contributed by atoms with van der Waals surface area (Å²) in [6.07, 6.45) is 8.22. The Labute approximate surface area is 118 Å². The summed E-state index contributed by atoms with van der Waals surface area (Å²) < 4.78 is 5.79. The lowest BCUT2D eigenvalue weighted by Gasteiger charge is -2.23. The maximum atomic E-state index is 9.26. The van der Waals surface area contributed by atoms with Crippen molar-refractivity contribution < 1.29 is 4.74 Å². The molecule has 0 spiro atoms. The molecule has 1 N–H and O–H groups in total. The second-order valence-corrected chi connectivity index (χ2v) is 6.10. The molecule has 1 fully saturated rings. The third kappa shape index (κ3) is 6.94. The second-order valence-electron chi connectivity index (χ2n) is 6.10. The van der Waals surface area contributed by atoms with Gasteiger partial charge in [0.2, 0.25) is 0 Å². The fourth-order valence-corrected chi connectivity index (χ4v) is 2.26. The third-order valence-corrected chi connectivity index (χ3v) is 3.99. The highest BCUT2D eigenvalue weighted by molar-refractivity contribution is 5.06. The van der Waals surface area contributed by atoms with Gasteiger partial charge in [0.25, 0.3) is 0 Å². The van der Waals surface area contributed by atoms with E-state index in [1.54, 1.807) is 0 Å². The van der Waals surface area contributed by atoms with E-state index in [4.69, 9.17) is 4.74 Å². The first-order valence-corrected chi connectivity index (χ1v) is 7.90. The zero-order valence-electron chi connectivity index (χ0n) is 12.9. The Morgan fingerprint density at radius 2 is 2.16 bits per heavy atom. The number of hydrogen-bond donors (Lipinski definition) is 1. The average molecular weight is 266 g/mol. The van der Waals surface area contributed by atoms with Crippen LogP contribution in [-0.4, -0.2) is 24.8 Å². The molecule has 2 atom stereocenters. The molecule has 0 aliphatic heterocycles. The molecular weight excluding hydrogens is 236 g/mol. The van der Waals surface area contributed by atoms with Gasteiger partial charge in [-0.25, -0.2) is 0 Å². The van der Waals surface area contributed by atoms with Gasteiger partial charge in [0.1, 0.15) is 5.54 Å². The Kier molecular flexibility index (Phi) is 7.41. The maximum absolute atomic E-state index is 9.26. The largest absolute Gasteiger partial charge is 0.381 e. The second kappa shape index (κ2) is 8.55. The number of rotatable bonds is 11. The first kappa shape index (κ1) is 16.5. The van der Waals surface area contributed by atoms with Crippen LogP contribution in [0.4, 0.5) is 0 Å². The summed E-state index contributed by atoms with van der Waals surface area (Å²) in [5, 5.41) is 12.7. The van der Waals surface area contributed by atoms with Crippen molar-refractivity contribution in [3.8, 4) is 6.07 Å². The van der Waals surface area contributed by atoms with E-state index in [-0.39, 0.29) is 0 Å². The van der Waals surface area contributed by atoms with Gasteiger partial charge in [-0.2, -0.15) is 5.26 Å². The Morgan fingerprint density at radius 3 is 2.68 bits per heavy atom. The summed E-state index contributed by atoms with van der Waals surface area (Å²) in [6.45, 7) is 7.99. The molecule has 0 aromatic heterocycles. The molecule has 0 saturated heterocycles. The number of nitriles is 1. The minimum Gasteiger partial charge on any atom is -0.381 e. The van der Waals surface area contributed by atoms with Crippen LogP contribution in [0.3, 0.4) is 0 Å². The fourth-order valence-electron chi connectivity index (χ4n) is 2.26. The van der Waals surface area contributed by atoms with Crippen LogP contribution in [0.15, 0.2) is 0 Å². The zero-order valence-corrected chi connectivity index (χ0v) is 12.9. The van der Waals surface area contributed by atoms with E-state index in [0.29, 0.717) is 18.6 Å². The summed E-state index contributed by atoms with van der Waals surface area (Å²) in [6, 6.07) is 2.96. The molecule has 1 aliphatic carbocycles. The summed E-state index contributed by atoms with van der Waals surface area (Å²) in [7, 11) is 0.